The normalized spacial score (nSPS) is 25.0. The van der Waals surface area contributed by atoms with E-state index in [0.29, 0.717) is 26.1 Å². The number of primary sulfonamides is 1. The highest BCUT2D eigenvalue weighted by Crippen LogP contribution is 2.24. The van der Waals surface area contributed by atoms with Crippen LogP contribution >= 0.6 is 0 Å². The molecular weight excluding hydrogens is 257 g/mol. The summed E-state index contributed by atoms with van der Waals surface area (Å²) in [4.78, 5) is 0. The van der Waals surface area contributed by atoms with Crippen LogP contribution in [0.25, 0.3) is 0 Å². The van der Waals surface area contributed by atoms with E-state index in [-0.39, 0.29) is 11.7 Å². The maximum absolute atomic E-state index is 13.1. The van der Waals surface area contributed by atoms with E-state index in [1.54, 1.807) is 12.1 Å². The van der Waals surface area contributed by atoms with Gasteiger partial charge in [-0.3, -0.25) is 0 Å². The fourth-order valence-electron chi connectivity index (χ4n) is 2.37. The Balaban J connectivity index is 2.15. The third-order valence-electron chi connectivity index (χ3n) is 3.21. The molecule has 1 heterocycles. The van der Waals surface area contributed by atoms with E-state index in [2.05, 4.69) is 0 Å². The molecule has 0 unspecified atom stereocenters. The minimum absolute atomic E-state index is 0.212. The van der Waals surface area contributed by atoms with Crippen LogP contribution in [0, 0.1) is 11.7 Å². The van der Waals surface area contributed by atoms with Gasteiger partial charge in [0.15, 0.2) is 0 Å². The summed E-state index contributed by atoms with van der Waals surface area (Å²) < 4.78 is 41.4. The smallest absolute Gasteiger partial charge is 0.212 e. The van der Waals surface area contributed by atoms with Crippen molar-refractivity contribution in [1.82, 2.24) is 0 Å². The highest BCUT2D eigenvalue weighted by molar-refractivity contribution is 7.89. The fourth-order valence-corrected chi connectivity index (χ4v) is 3.50. The molecule has 6 heteroatoms. The first kappa shape index (κ1) is 13.5. The second kappa shape index (κ2) is 5.34. The Hall–Kier alpha value is -0.980. The molecule has 1 fully saturated rings. The van der Waals surface area contributed by atoms with E-state index in [1.807, 2.05) is 0 Å². The molecule has 0 aromatic heterocycles. The van der Waals surface area contributed by atoms with Crippen LogP contribution in [0.15, 0.2) is 24.3 Å². The molecule has 1 saturated heterocycles. The van der Waals surface area contributed by atoms with E-state index in [9.17, 15) is 12.8 Å². The molecule has 0 saturated carbocycles. The van der Waals surface area contributed by atoms with Gasteiger partial charge < -0.3 is 4.74 Å². The summed E-state index contributed by atoms with van der Waals surface area (Å²) in [6.45, 7) is 0.748. The second-order valence-electron chi connectivity index (χ2n) is 4.59. The Morgan fingerprint density at radius 3 is 2.89 bits per heavy atom. The largest absolute Gasteiger partial charge is 0.381 e. The molecule has 4 nitrogen and oxygen atoms in total. The fraction of sp³-hybridized carbons (Fsp3) is 0.500. The first-order valence-electron chi connectivity index (χ1n) is 5.80. The number of nitrogens with two attached hydrogens (primary N) is 1. The topological polar surface area (TPSA) is 69.4 Å². The number of halogens is 1. The van der Waals surface area contributed by atoms with Gasteiger partial charge in [0.05, 0.1) is 11.9 Å². The van der Waals surface area contributed by atoms with Crippen molar-refractivity contribution in [1.29, 1.82) is 0 Å². The minimum Gasteiger partial charge on any atom is -0.381 e. The van der Waals surface area contributed by atoms with Crippen LogP contribution in [-0.4, -0.2) is 26.9 Å². The summed E-state index contributed by atoms with van der Waals surface area (Å²) in [7, 11) is -3.58. The molecule has 18 heavy (non-hydrogen) atoms. The summed E-state index contributed by atoms with van der Waals surface area (Å²) in [5.41, 5.74) is 0.763. The van der Waals surface area contributed by atoms with E-state index in [1.165, 1.54) is 12.1 Å². The lowest BCUT2D eigenvalue weighted by Crippen LogP contribution is -2.42. The summed E-state index contributed by atoms with van der Waals surface area (Å²) in [6.07, 6.45) is 0.859. The number of hydrogen-bond donors (Lipinski definition) is 1. The highest BCUT2D eigenvalue weighted by atomic mass is 32.2. The molecule has 0 radical (unpaired) electrons. The Labute approximate surface area is 106 Å². The van der Waals surface area contributed by atoms with Crippen LogP contribution in [0.3, 0.4) is 0 Å². The van der Waals surface area contributed by atoms with E-state index < -0.39 is 15.3 Å². The zero-order chi connectivity index (χ0) is 13.2. The molecule has 1 aromatic carbocycles. The SMILES string of the molecule is NS(=O)(=O)[C@@H]1CCOC[C@@H]1Cc1cccc(F)c1. The van der Waals surface area contributed by atoms with Gasteiger partial charge in [0.2, 0.25) is 10.0 Å². The number of sulfonamides is 1. The molecule has 2 N–H and O–H groups in total. The first-order chi connectivity index (χ1) is 8.47. The van der Waals surface area contributed by atoms with E-state index in [0.717, 1.165) is 5.56 Å². The van der Waals surface area contributed by atoms with Gasteiger partial charge in [0, 0.05) is 12.5 Å². The second-order valence-corrected chi connectivity index (χ2v) is 6.37. The Morgan fingerprint density at radius 1 is 1.44 bits per heavy atom. The van der Waals surface area contributed by atoms with Crippen LogP contribution in [0.2, 0.25) is 0 Å². The molecule has 1 aromatic rings. The molecule has 0 spiro atoms. The van der Waals surface area contributed by atoms with Crippen molar-refractivity contribution in [2.45, 2.75) is 18.1 Å². The van der Waals surface area contributed by atoms with Crippen molar-refractivity contribution in [2.75, 3.05) is 13.2 Å². The van der Waals surface area contributed by atoms with Crippen molar-refractivity contribution in [3.8, 4) is 0 Å². The van der Waals surface area contributed by atoms with Crippen LogP contribution in [0.4, 0.5) is 4.39 Å². The molecule has 0 bridgehead atoms. The summed E-state index contributed by atoms with van der Waals surface area (Å²) >= 11 is 0. The molecule has 2 atom stereocenters. The van der Waals surface area contributed by atoms with Gasteiger partial charge in [-0.25, -0.2) is 17.9 Å². The lowest BCUT2D eigenvalue weighted by molar-refractivity contribution is 0.0572. The summed E-state index contributed by atoms with van der Waals surface area (Å²) in [5, 5.41) is 4.62. The van der Waals surface area contributed by atoms with Crippen LogP contribution in [0.1, 0.15) is 12.0 Å². The molecule has 1 aliphatic heterocycles. The average molecular weight is 273 g/mol. The van der Waals surface area contributed by atoms with E-state index >= 15 is 0 Å². The van der Waals surface area contributed by atoms with Gasteiger partial charge in [-0.1, -0.05) is 12.1 Å². The van der Waals surface area contributed by atoms with Crippen molar-refractivity contribution in [2.24, 2.45) is 11.1 Å². The molecular formula is C12H16FNO3S. The van der Waals surface area contributed by atoms with Crippen LogP contribution in [-0.2, 0) is 21.2 Å². The molecule has 100 valence electrons. The van der Waals surface area contributed by atoms with Crippen molar-refractivity contribution >= 4 is 10.0 Å². The van der Waals surface area contributed by atoms with Gasteiger partial charge in [-0.15, -0.1) is 0 Å². The average Bonchev–Trinajstić information content (AvgIpc) is 2.28. The van der Waals surface area contributed by atoms with Gasteiger partial charge in [0.1, 0.15) is 5.82 Å². The summed E-state index contributed by atoms with van der Waals surface area (Å²) in [6, 6.07) is 6.16. The third-order valence-corrected chi connectivity index (χ3v) is 4.68. The lowest BCUT2D eigenvalue weighted by Gasteiger charge is -2.29. The maximum atomic E-state index is 13.1. The number of benzene rings is 1. The number of rotatable bonds is 3. The van der Waals surface area contributed by atoms with E-state index in [4.69, 9.17) is 9.88 Å². The summed E-state index contributed by atoms with van der Waals surface area (Å²) in [5.74, 6) is -0.535. The van der Waals surface area contributed by atoms with Gasteiger partial charge in [0.25, 0.3) is 0 Å². The monoisotopic (exact) mass is 273 g/mol. The molecule has 1 aliphatic rings. The molecule has 0 amide bonds. The van der Waals surface area contributed by atoms with Gasteiger partial charge in [-0.2, -0.15) is 0 Å². The maximum Gasteiger partial charge on any atom is 0.212 e. The van der Waals surface area contributed by atoms with Gasteiger partial charge >= 0.3 is 0 Å². The quantitative estimate of drug-likeness (QED) is 0.895. The number of ether oxygens (including phenoxy) is 1. The standard InChI is InChI=1S/C12H16FNO3S/c13-11-3-1-2-9(7-11)6-10-8-17-5-4-12(10)18(14,15)16/h1-3,7,10,12H,4-6,8H2,(H2,14,15,16)/t10-,12+/m0/s1. The lowest BCUT2D eigenvalue weighted by atomic mass is 9.93. The predicted molar refractivity (Wildman–Crippen MR) is 65.9 cm³/mol. The van der Waals surface area contributed by atoms with Crippen LogP contribution < -0.4 is 5.14 Å². The Morgan fingerprint density at radius 2 is 2.22 bits per heavy atom. The molecule has 0 aliphatic carbocycles. The van der Waals surface area contributed by atoms with Crippen molar-refractivity contribution in [3.05, 3.63) is 35.6 Å². The first-order valence-corrected chi connectivity index (χ1v) is 7.41. The number of hydrogen-bond acceptors (Lipinski definition) is 3. The third kappa shape index (κ3) is 3.28. The van der Waals surface area contributed by atoms with Crippen molar-refractivity contribution in [3.63, 3.8) is 0 Å². The zero-order valence-electron chi connectivity index (χ0n) is 9.88. The Kier molecular flexibility index (Phi) is 3.99. The Bertz CT molecular complexity index is 518. The van der Waals surface area contributed by atoms with Gasteiger partial charge in [-0.05, 0) is 30.5 Å². The van der Waals surface area contributed by atoms with Crippen molar-refractivity contribution < 1.29 is 17.5 Å². The minimum atomic E-state index is -3.58. The predicted octanol–water partition coefficient (Wildman–Crippen LogP) is 1.06. The van der Waals surface area contributed by atoms with Crippen LogP contribution in [0.5, 0.6) is 0 Å². The highest BCUT2D eigenvalue weighted by Gasteiger charge is 2.33. The molecule has 2 rings (SSSR count). The zero-order valence-corrected chi connectivity index (χ0v) is 10.7.